The van der Waals surface area contributed by atoms with E-state index in [1.165, 1.54) is 0 Å². The molecule has 0 saturated carbocycles. The number of aromatic nitrogens is 3. The Kier molecular flexibility index (Phi) is 3.08. The van der Waals surface area contributed by atoms with Gasteiger partial charge in [-0.15, -0.1) is 5.10 Å². The van der Waals surface area contributed by atoms with E-state index in [4.69, 9.17) is 5.11 Å². The molecule has 17 heavy (non-hydrogen) atoms. The highest BCUT2D eigenvalue weighted by molar-refractivity contribution is 5.91. The Balaban J connectivity index is 1.88. The van der Waals surface area contributed by atoms with Crippen molar-refractivity contribution in [2.45, 2.75) is 19.8 Å². The van der Waals surface area contributed by atoms with Gasteiger partial charge in [-0.3, -0.25) is 14.7 Å². The minimum absolute atomic E-state index is 0.0565. The van der Waals surface area contributed by atoms with Crippen molar-refractivity contribution in [2.75, 3.05) is 13.1 Å². The van der Waals surface area contributed by atoms with Crippen LogP contribution < -0.4 is 0 Å². The minimum atomic E-state index is -0.826. The molecule has 2 rings (SSSR count). The number of carboxylic acid groups (broad SMARTS) is 1. The summed E-state index contributed by atoms with van der Waals surface area (Å²) in [5, 5.41) is 15.1. The van der Waals surface area contributed by atoms with E-state index in [1.807, 2.05) is 6.92 Å². The van der Waals surface area contributed by atoms with Gasteiger partial charge in [0, 0.05) is 25.4 Å². The van der Waals surface area contributed by atoms with Gasteiger partial charge >= 0.3 is 5.97 Å². The summed E-state index contributed by atoms with van der Waals surface area (Å²) in [5.74, 6) is -0.163. The molecule has 92 valence electrons. The summed E-state index contributed by atoms with van der Waals surface area (Å²) in [6, 6.07) is 0. The number of amides is 1. The molecule has 0 bridgehead atoms. The largest absolute Gasteiger partial charge is 0.481 e. The summed E-state index contributed by atoms with van der Waals surface area (Å²) in [6.45, 7) is 2.86. The van der Waals surface area contributed by atoms with E-state index in [9.17, 15) is 9.59 Å². The number of hydrogen-bond donors (Lipinski definition) is 2. The fourth-order valence-electron chi connectivity index (χ4n) is 1.80. The second-order valence-corrected chi connectivity index (χ2v) is 4.13. The van der Waals surface area contributed by atoms with Crippen molar-refractivity contribution < 1.29 is 14.7 Å². The molecule has 0 atom stereocenters. The van der Waals surface area contributed by atoms with Gasteiger partial charge in [0.15, 0.2) is 0 Å². The number of aliphatic carboxylic acids is 1. The van der Waals surface area contributed by atoms with E-state index in [1.54, 1.807) is 4.90 Å². The minimum Gasteiger partial charge on any atom is -0.481 e. The first-order valence-corrected chi connectivity index (χ1v) is 5.52. The topological polar surface area (TPSA) is 99.2 Å². The Morgan fingerprint density at radius 1 is 1.53 bits per heavy atom. The number of likely N-dealkylation sites (tertiary alicyclic amines) is 1. The average molecular weight is 238 g/mol. The van der Waals surface area contributed by atoms with Crippen LogP contribution in [-0.2, 0) is 11.2 Å². The monoisotopic (exact) mass is 238 g/mol. The van der Waals surface area contributed by atoms with E-state index in [0.29, 0.717) is 25.3 Å². The van der Waals surface area contributed by atoms with Crippen LogP contribution in [0.25, 0.3) is 0 Å². The molecule has 0 aliphatic carbocycles. The number of aromatic amines is 1. The summed E-state index contributed by atoms with van der Waals surface area (Å²) in [7, 11) is 0. The lowest BCUT2D eigenvalue weighted by Gasteiger charge is -2.37. The number of hydrogen-bond acceptors (Lipinski definition) is 4. The zero-order valence-corrected chi connectivity index (χ0v) is 9.51. The first-order valence-electron chi connectivity index (χ1n) is 5.52. The normalized spacial score (nSPS) is 15.7. The molecular weight excluding hydrogens is 224 g/mol. The van der Waals surface area contributed by atoms with Crippen LogP contribution in [0.3, 0.4) is 0 Å². The van der Waals surface area contributed by atoms with Gasteiger partial charge in [-0.1, -0.05) is 6.92 Å². The summed E-state index contributed by atoms with van der Waals surface area (Å²) < 4.78 is 0. The Labute approximate surface area is 97.8 Å². The van der Waals surface area contributed by atoms with Gasteiger partial charge in [-0.25, -0.2) is 4.98 Å². The fourth-order valence-corrected chi connectivity index (χ4v) is 1.80. The number of rotatable bonds is 4. The number of carbonyl (C=O) groups is 2. The smallest absolute Gasteiger partial charge is 0.303 e. The van der Waals surface area contributed by atoms with Crippen molar-refractivity contribution in [2.24, 2.45) is 5.92 Å². The molecule has 1 aliphatic rings. The van der Waals surface area contributed by atoms with E-state index < -0.39 is 5.97 Å². The van der Waals surface area contributed by atoms with Gasteiger partial charge in [0.25, 0.3) is 5.91 Å². The molecule has 1 aromatic heterocycles. The van der Waals surface area contributed by atoms with Gasteiger partial charge in [-0.2, -0.15) is 0 Å². The van der Waals surface area contributed by atoms with Crippen LogP contribution >= 0.6 is 0 Å². The van der Waals surface area contributed by atoms with Gasteiger partial charge < -0.3 is 10.0 Å². The maximum absolute atomic E-state index is 11.8. The molecule has 2 N–H and O–H groups in total. The first-order chi connectivity index (χ1) is 8.10. The molecule has 1 amide bonds. The third-order valence-electron chi connectivity index (χ3n) is 2.77. The number of carbonyl (C=O) groups excluding carboxylic acids is 1. The molecule has 1 fully saturated rings. The maximum Gasteiger partial charge on any atom is 0.303 e. The highest BCUT2D eigenvalue weighted by Crippen LogP contribution is 2.20. The molecule has 7 heteroatoms. The van der Waals surface area contributed by atoms with E-state index >= 15 is 0 Å². The standard InChI is InChI=1S/C10H14N4O3/c1-2-7-11-9(13-12-7)10(17)14-4-6(5-14)3-8(15)16/h6H,2-5H2,1H3,(H,15,16)(H,11,12,13). The van der Waals surface area contributed by atoms with Crippen molar-refractivity contribution >= 4 is 11.9 Å². The van der Waals surface area contributed by atoms with Crippen molar-refractivity contribution in [3.8, 4) is 0 Å². The molecule has 2 heterocycles. The molecule has 0 spiro atoms. The SMILES string of the molecule is CCc1nc(C(=O)N2CC(CC(=O)O)C2)n[nH]1. The maximum atomic E-state index is 11.8. The molecule has 1 saturated heterocycles. The van der Waals surface area contributed by atoms with Crippen LogP contribution in [0.2, 0.25) is 0 Å². The Morgan fingerprint density at radius 3 is 2.76 bits per heavy atom. The average Bonchev–Trinajstić information content (AvgIpc) is 2.70. The van der Waals surface area contributed by atoms with E-state index in [0.717, 1.165) is 0 Å². The van der Waals surface area contributed by atoms with Crippen LogP contribution in [0.15, 0.2) is 0 Å². The third kappa shape index (κ3) is 2.43. The lowest BCUT2D eigenvalue weighted by molar-refractivity contribution is -0.139. The van der Waals surface area contributed by atoms with Crippen molar-refractivity contribution in [1.82, 2.24) is 20.1 Å². The number of aryl methyl sites for hydroxylation is 1. The first kappa shape index (κ1) is 11.6. The van der Waals surface area contributed by atoms with Gasteiger partial charge in [-0.05, 0) is 0 Å². The van der Waals surface area contributed by atoms with Crippen molar-refractivity contribution in [3.05, 3.63) is 11.6 Å². The lowest BCUT2D eigenvalue weighted by Crippen LogP contribution is -2.50. The number of nitrogens with one attached hydrogen (secondary N) is 1. The fraction of sp³-hybridized carbons (Fsp3) is 0.600. The van der Waals surface area contributed by atoms with Gasteiger partial charge in [0.2, 0.25) is 5.82 Å². The zero-order valence-electron chi connectivity index (χ0n) is 9.51. The highest BCUT2D eigenvalue weighted by Gasteiger charge is 2.34. The predicted molar refractivity (Wildman–Crippen MR) is 57.4 cm³/mol. The molecule has 7 nitrogen and oxygen atoms in total. The molecule has 0 aromatic carbocycles. The predicted octanol–water partition coefficient (Wildman–Crippen LogP) is -0.0862. The van der Waals surface area contributed by atoms with E-state index in [-0.39, 0.29) is 24.1 Å². The van der Waals surface area contributed by atoms with Crippen LogP contribution in [0.4, 0.5) is 0 Å². The molecule has 1 aromatic rings. The summed E-state index contributed by atoms with van der Waals surface area (Å²) in [4.78, 5) is 27.9. The zero-order chi connectivity index (χ0) is 12.4. The van der Waals surface area contributed by atoms with Gasteiger partial charge in [0.05, 0.1) is 6.42 Å². The van der Waals surface area contributed by atoms with Gasteiger partial charge in [0.1, 0.15) is 5.82 Å². The number of H-pyrrole nitrogens is 1. The Bertz CT molecular complexity index is 437. The van der Waals surface area contributed by atoms with Crippen molar-refractivity contribution in [3.63, 3.8) is 0 Å². The molecular formula is C10H14N4O3. The van der Waals surface area contributed by atoms with E-state index in [2.05, 4.69) is 15.2 Å². The van der Waals surface area contributed by atoms with Crippen LogP contribution in [-0.4, -0.2) is 50.2 Å². The summed E-state index contributed by atoms with van der Waals surface area (Å²) in [6.07, 6.45) is 0.805. The highest BCUT2D eigenvalue weighted by atomic mass is 16.4. The Morgan fingerprint density at radius 2 is 2.24 bits per heavy atom. The summed E-state index contributed by atoms with van der Waals surface area (Å²) in [5.41, 5.74) is 0. The molecule has 0 radical (unpaired) electrons. The second kappa shape index (κ2) is 4.52. The van der Waals surface area contributed by atoms with Crippen LogP contribution in [0.1, 0.15) is 29.8 Å². The molecule has 0 unspecified atom stereocenters. The number of nitrogens with zero attached hydrogens (tertiary/aromatic N) is 3. The number of carboxylic acids is 1. The van der Waals surface area contributed by atoms with Crippen LogP contribution in [0, 0.1) is 5.92 Å². The Hall–Kier alpha value is -1.92. The molecule has 1 aliphatic heterocycles. The van der Waals surface area contributed by atoms with Crippen molar-refractivity contribution in [1.29, 1.82) is 0 Å². The lowest BCUT2D eigenvalue weighted by atomic mass is 9.96. The third-order valence-corrected chi connectivity index (χ3v) is 2.77. The quantitative estimate of drug-likeness (QED) is 0.764. The summed E-state index contributed by atoms with van der Waals surface area (Å²) >= 11 is 0. The van der Waals surface area contributed by atoms with Crippen LogP contribution in [0.5, 0.6) is 0 Å². The second-order valence-electron chi connectivity index (χ2n) is 4.13.